The van der Waals surface area contributed by atoms with E-state index in [4.69, 9.17) is 5.73 Å². The number of nitrogens with two attached hydrogens (primary N) is 1. The number of amides is 1. The molecule has 2 aromatic carbocycles. The molecule has 98 valence electrons. The monoisotopic (exact) mass is 322 g/mol. The van der Waals surface area contributed by atoms with Gasteiger partial charge in [0.15, 0.2) is 0 Å². The molecule has 2 rings (SSSR count). The molecule has 1 amide bonds. The van der Waals surface area contributed by atoms with Gasteiger partial charge >= 0.3 is 0 Å². The summed E-state index contributed by atoms with van der Waals surface area (Å²) in [6, 6.07) is 9.51. The molecule has 3 N–H and O–H groups in total. The first kappa shape index (κ1) is 13.5. The molecule has 0 heterocycles. The van der Waals surface area contributed by atoms with E-state index in [1.54, 1.807) is 37.3 Å². The van der Waals surface area contributed by atoms with Gasteiger partial charge in [-0.3, -0.25) is 4.79 Å². The highest BCUT2D eigenvalue weighted by Crippen LogP contribution is 2.20. The Morgan fingerprint density at radius 1 is 1.26 bits per heavy atom. The molecule has 0 unspecified atom stereocenters. The van der Waals surface area contributed by atoms with E-state index in [0.29, 0.717) is 22.5 Å². The molecule has 0 saturated carbocycles. The maximum Gasteiger partial charge on any atom is 0.257 e. The fourth-order valence-corrected chi connectivity index (χ4v) is 1.99. The number of nitrogens with one attached hydrogen (secondary N) is 1. The van der Waals surface area contributed by atoms with Gasteiger partial charge in [-0.2, -0.15) is 0 Å². The van der Waals surface area contributed by atoms with E-state index in [0.717, 1.165) is 4.47 Å². The number of aryl methyl sites for hydroxylation is 1. The maximum atomic E-state index is 13.4. The predicted octanol–water partition coefficient (Wildman–Crippen LogP) is 3.73. The SMILES string of the molecule is Cc1ccc(NC(=O)c2ccc(Br)cc2N)cc1F. The third kappa shape index (κ3) is 3.12. The van der Waals surface area contributed by atoms with Crippen LogP contribution in [-0.2, 0) is 0 Å². The highest BCUT2D eigenvalue weighted by atomic mass is 79.9. The summed E-state index contributed by atoms with van der Waals surface area (Å²) in [5.74, 6) is -0.727. The van der Waals surface area contributed by atoms with E-state index >= 15 is 0 Å². The van der Waals surface area contributed by atoms with E-state index < -0.39 is 0 Å². The average Bonchev–Trinajstić information content (AvgIpc) is 2.33. The summed E-state index contributed by atoms with van der Waals surface area (Å²) >= 11 is 3.27. The van der Waals surface area contributed by atoms with Gasteiger partial charge in [0.05, 0.1) is 5.56 Å². The van der Waals surface area contributed by atoms with Gasteiger partial charge in [-0.1, -0.05) is 22.0 Å². The van der Waals surface area contributed by atoms with Crippen molar-refractivity contribution in [2.24, 2.45) is 0 Å². The maximum absolute atomic E-state index is 13.4. The fraction of sp³-hybridized carbons (Fsp3) is 0.0714. The number of anilines is 2. The lowest BCUT2D eigenvalue weighted by Gasteiger charge is -2.08. The van der Waals surface area contributed by atoms with Crippen molar-refractivity contribution in [2.75, 3.05) is 11.1 Å². The summed E-state index contributed by atoms with van der Waals surface area (Å²) in [5, 5.41) is 2.61. The second kappa shape index (κ2) is 5.40. The molecule has 0 aromatic heterocycles. The molecule has 0 aliphatic rings. The lowest BCUT2D eigenvalue weighted by Crippen LogP contribution is -2.14. The molecule has 2 aromatic rings. The van der Waals surface area contributed by atoms with Crippen LogP contribution in [0.4, 0.5) is 15.8 Å². The Balaban J connectivity index is 2.23. The normalized spacial score (nSPS) is 10.3. The Morgan fingerprint density at radius 2 is 2.00 bits per heavy atom. The summed E-state index contributed by atoms with van der Waals surface area (Å²) in [6.07, 6.45) is 0. The first-order chi connectivity index (χ1) is 8.97. The molecule has 0 spiro atoms. The van der Waals surface area contributed by atoms with Crippen LogP contribution >= 0.6 is 15.9 Å². The summed E-state index contributed by atoms with van der Waals surface area (Å²) < 4.78 is 14.2. The second-order valence-corrected chi connectivity index (χ2v) is 5.07. The predicted molar refractivity (Wildman–Crippen MR) is 77.6 cm³/mol. The fourth-order valence-electron chi connectivity index (χ4n) is 1.61. The standard InChI is InChI=1S/C14H12BrFN2O/c1-8-2-4-10(7-12(8)16)18-14(19)11-5-3-9(15)6-13(11)17/h2-7H,17H2,1H3,(H,18,19). The number of halogens is 2. The van der Waals surface area contributed by atoms with Crippen molar-refractivity contribution in [1.29, 1.82) is 0 Å². The van der Waals surface area contributed by atoms with Crippen LogP contribution in [0, 0.1) is 12.7 Å². The summed E-state index contributed by atoms with van der Waals surface area (Å²) in [5.41, 5.74) is 7.40. The first-order valence-electron chi connectivity index (χ1n) is 5.60. The smallest absolute Gasteiger partial charge is 0.257 e. The number of hydrogen-bond acceptors (Lipinski definition) is 2. The van der Waals surface area contributed by atoms with Gasteiger partial charge in [0.1, 0.15) is 5.82 Å². The van der Waals surface area contributed by atoms with Crippen LogP contribution in [0.25, 0.3) is 0 Å². The summed E-state index contributed by atoms with van der Waals surface area (Å²) in [4.78, 5) is 12.0. The Kier molecular flexibility index (Phi) is 3.85. The van der Waals surface area contributed by atoms with Crippen LogP contribution in [0.5, 0.6) is 0 Å². The average molecular weight is 323 g/mol. The van der Waals surface area contributed by atoms with Crippen molar-refractivity contribution in [2.45, 2.75) is 6.92 Å². The first-order valence-corrected chi connectivity index (χ1v) is 6.39. The largest absolute Gasteiger partial charge is 0.398 e. The topological polar surface area (TPSA) is 55.1 Å². The molecule has 0 fully saturated rings. The van der Waals surface area contributed by atoms with E-state index in [2.05, 4.69) is 21.2 Å². The van der Waals surface area contributed by atoms with E-state index in [-0.39, 0.29) is 11.7 Å². The Bertz CT molecular complexity index is 643. The molecule has 0 bridgehead atoms. The molecule has 0 aliphatic heterocycles. The molecule has 0 saturated heterocycles. The second-order valence-electron chi connectivity index (χ2n) is 4.15. The van der Waals surface area contributed by atoms with Crippen LogP contribution < -0.4 is 11.1 Å². The molecular formula is C14H12BrFN2O. The van der Waals surface area contributed by atoms with Crippen LogP contribution in [-0.4, -0.2) is 5.91 Å². The zero-order valence-corrected chi connectivity index (χ0v) is 11.8. The minimum atomic E-state index is -0.367. The number of rotatable bonds is 2. The third-order valence-electron chi connectivity index (χ3n) is 2.69. The molecule has 19 heavy (non-hydrogen) atoms. The zero-order chi connectivity index (χ0) is 14.0. The summed E-state index contributed by atoms with van der Waals surface area (Å²) in [7, 11) is 0. The van der Waals surface area contributed by atoms with E-state index in [1.807, 2.05) is 0 Å². The number of hydrogen-bond donors (Lipinski definition) is 2. The Labute approximate surface area is 118 Å². The molecule has 0 aliphatic carbocycles. The highest BCUT2D eigenvalue weighted by Gasteiger charge is 2.10. The molecular weight excluding hydrogens is 311 g/mol. The lowest BCUT2D eigenvalue weighted by molar-refractivity contribution is 0.102. The van der Waals surface area contributed by atoms with Crippen LogP contribution in [0.2, 0.25) is 0 Å². The minimum Gasteiger partial charge on any atom is -0.398 e. The van der Waals surface area contributed by atoms with Crippen molar-refractivity contribution in [3.8, 4) is 0 Å². The van der Waals surface area contributed by atoms with Crippen LogP contribution in [0.15, 0.2) is 40.9 Å². The van der Waals surface area contributed by atoms with Gasteiger partial charge < -0.3 is 11.1 Å². The van der Waals surface area contributed by atoms with Crippen molar-refractivity contribution in [3.05, 3.63) is 57.8 Å². The van der Waals surface area contributed by atoms with Crippen molar-refractivity contribution in [1.82, 2.24) is 0 Å². The van der Waals surface area contributed by atoms with Gasteiger partial charge in [0, 0.05) is 15.8 Å². The van der Waals surface area contributed by atoms with Gasteiger partial charge in [-0.15, -0.1) is 0 Å². The summed E-state index contributed by atoms with van der Waals surface area (Å²) in [6.45, 7) is 1.66. The molecule has 3 nitrogen and oxygen atoms in total. The van der Waals surface area contributed by atoms with Crippen molar-refractivity contribution < 1.29 is 9.18 Å². The highest BCUT2D eigenvalue weighted by molar-refractivity contribution is 9.10. The molecule has 0 atom stereocenters. The number of benzene rings is 2. The van der Waals surface area contributed by atoms with E-state index in [1.165, 1.54) is 6.07 Å². The van der Waals surface area contributed by atoms with E-state index in [9.17, 15) is 9.18 Å². The number of nitrogen functional groups attached to an aromatic ring is 1. The minimum absolute atomic E-state index is 0.351. The quantitative estimate of drug-likeness (QED) is 0.828. The Hall–Kier alpha value is -1.88. The van der Waals surface area contributed by atoms with Crippen LogP contribution in [0.3, 0.4) is 0 Å². The van der Waals surface area contributed by atoms with Gasteiger partial charge in [0.2, 0.25) is 0 Å². The van der Waals surface area contributed by atoms with Gasteiger partial charge in [-0.25, -0.2) is 4.39 Å². The molecule has 5 heteroatoms. The van der Waals surface area contributed by atoms with Crippen molar-refractivity contribution in [3.63, 3.8) is 0 Å². The number of carbonyl (C=O) groups is 1. The van der Waals surface area contributed by atoms with Gasteiger partial charge in [0.25, 0.3) is 5.91 Å². The third-order valence-corrected chi connectivity index (χ3v) is 3.18. The Morgan fingerprint density at radius 3 is 2.63 bits per heavy atom. The van der Waals surface area contributed by atoms with Crippen molar-refractivity contribution >= 4 is 33.2 Å². The zero-order valence-electron chi connectivity index (χ0n) is 10.2. The van der Waals surface area contributed by atoms with Gasteiger partial charge in [-0.05, 0) is 42.8 Å². The lowest BCUT2D eigenvalue weighted by atomic mass is 10.1. The number of carbonyl (C=O) groups excluding carboxylic acids is 1. The molecule has 0 radical (unpaired) electrons. The van der Waals surface area contributed by atoms with Crippen LogP contribution in [0.1, 0.15) is 15.9 Å².